The summed E-state index contributed by atoms with van der Waals surface area (Å²) in [5.41, 5.74) is 17.5. The van der Waals surface area contributed by atoms with Crippen LogP contribution in [0.5, 0.6) is 0 Å². The highest BCUT2D eigenvalue weighted by atomic mass is 32.1. The molecular weight excluding hydrogens is 816 g/mol. The van der Waals surface area contributed by atoms with Crippen LogP contribution in [0.3, 0.4) is 0 Å². The van der Waals surface area contributed by atoms with E-state index >= 15 is 0 Å². The lowest BCUT2D eigenvalue weighted by molar-refractivity contribution is 0.590. The largest absolute Gasteiger partial charge is 0.375 e. The Balaban J connectivity index is 1.35. The molecule has 0 aliphatic carbocycles. The number of hydrogen-bond acceptors (Lipinski definition) is 2. The molecule has 0 spiro atoms. The average molecular weight is 879 g/mol. The molecule has 2 aliphatic heterocycles. The Labute approximate surface area is 396 Å². The second-order valence-electron chi connectivity index (χ2n) is 25.1. The van der Waals surface area contributed by atoms with E-state index in [1.54, 1.807) is 0 Å². The van der Waals surface area contributed by atoms with Crippen LogP contribution < -0.4 is 15.1 Å². The van der Waals surface area contributed by atoms with Crippen molar-refractivity contribution in [3.05, 3.63) is 137 Å². The Hall–Kier alpha value is -5.58. The van der Waals surface area contributed by atoms with Crippen molar-refractivity contribution < 1.29 is 0 Å². The summed E-state index contributed by atoms with van der Waals surface area (Å²) in [7, 11) is 0. The molecule has 8 aromatic carbocycles. The number of aromatic nitrogens is 1. The molecule has 0 bridgehead atoms. The summed E-state index contributed by atoms with van der Waals surface area (Å²) >= 11 is 2.02. The third kappa shape index (κ3) is 5.73. The molecule has 0 amide bonds. The van der Waals surface area contributed by atoms with Gasteiger partial charge < -0.3 is 9.38 Å². The molecule has 12 rings (SSSR count). The highest BCUT2D eigenvalue weighted by Crippen LogP contribution is 2.55. The van der Waals surface area contributed by atoms with Crippen molar-refractivity contribution in [2.75, 3.05) is 4.90 Å². The molecule has 0 radical (unpaired) electrons. The Bertz CT molecular complexity index is 3690. The second-order valence-corrected chi connectivity index (χ2v) is 26.2. The van der Waals surface area contributed by atoms with Crippen LogP contribution in [0.2, 0.25) is 0 Å². The zero-order valence-electron chi connectivity index (χ0n) is 41.8. The fraction of sp³-hybridized carbons (Fsp3) is 0.323. The maximum absolute atomic E-state index is 2.79. The van der Waals surface area contributed by atoms with E-state index in [9.17, 15) is 0 Å². The van der Waals surface area contributed by atoms with Crippen molar-refractivity contribution in [3.8, 4) is 11.1 Å². The first-order chi connectivity index (χ1) is 30.9. The minimum Gasteiger partial charge on any atom is -0.375 e. The average Bonchev–Trinajstić information content (AvgIpc) is 3.79. The first-order valence-corrected chi connectivity index (χ1v) is 25.1. The monoisotopic (exact) mass is 878 g/mol. The van der Waals surface area contributed by atoms with Gasteiger partial charge in [-0.1, -0.05) is 171 Å². The van der Waals surface area contributed by atoms with Crippen LogP contribution in [0.1, 0.15) is 132 Å². The van der Waals surface area contributed by atoms with E-state index < -0.39 is 0 Å². The molecule has 0 saturated heterocycles. The van der Waals surface area contributed by atoms with Crippen LogP contribution >= 0.6 is 11.3 Å². The standard InChI is InChI=1S/C62H63BN2S/c1-58(2,3)36-21-24-40(25-22-36)64-55-42-27-20-35-30-38(60(7,8)9)29-34-19-26-41(50(42)49(34)35)51-45-33-39(61(10,11)12)32-44-43-31-37(59(4,5)6)23-28-47(43)65(54(44)45)63(53(51)55)57-56(64)52-46(62(13,14)15)17-16-18-48(52)66-57/h16-33H,1-15H3. The van der Waals surface area contributed by atoms with Crippen molar-refractivity contribution in [1.82, 2.24) is 4.48 Å². The zero-order valence-corrected chi connectivity index (χ0v) is 42.6. The fourth-order valence-corrected chi connectivity index (χ4v) is 13.1. The summed E-state index contributed by atoms with van der Waals surface area (Å²) in [6.07, 6.45) is 0. The Kier molecular flexibility index (Phi) is 8.30. The lowest BCUT2D eigenvalue weighted by Gasteiger charge is -2.41. The topological polar surface area (TPSA) is 8.17 Å². The summed E-state index contributed by atoms with van der Waals surface area (Å²) in [6, 6.07) is 44.0. The number of thiophene rings is 1. The van der Waals surface area contributed by atoms with E-state index in [0.29, 0.717) is 0 Å². The van der Waals surface area contributed by atoms with Gasteiger partial charge in [0, 0.05) is 58.7 Å². The van der Waals surface area contributed by atoms with Crippen molar-refractivity contribution in [2.24, 2.45) is 0 Å². The van der Waals surface area contributed by atoms with Crippen LogP contribution in [0, 0.1) is 0 Å². The number of hydrogen-bond donors (Lipinski definition) is 0. The molecule has 0 unspecified atom stereocenters. The van der Waals surface area contributed by atoms with Crippen LogP contribution in [0.15, 0.2) is 109 Å². The molecule has 0 atom stereocenters. The van der Waals surface area contributed by atoms with E-state index in [2.05, 4.69) is 222 Å². The normalized spacial score (nSPS) is 14.5. The molecule has 10 aromatic rings. The molecular formula is C62H63BN2S. The molecule has 0 N–H and O–H groups in total. The molecule has 2 aliphatic rings. The summed E-state index contributed by atoms with van der Waals surface area (Å²) in [5, 5.41) is 12.2. The Morgan fingerprint density at radius 3 is 1.67 bits per heavy atom. The molecule has 330 valence electrons. The third-order valence-corrected chi connectivity index (χ3v) is 16.6. The van der Waals surface area contributed by atoms with E-state index in [0.717, 1.165) is 0 Å². The van der Waals surface area contributed by atoms with Gasteiger partial charge in [0.25, 0.3) is 0 Å². The molecule has 2 nitrogen and oxygen atoms in total. The Morgan fingerprint density at radius 2 is 1.05 bits per heavy atom. The lowest BCUT2D eigenvalue weighted by Crippen LogP contribution is -2.55. The quantitative estimate of drug-likeness (QED) is 0.118. The zero-order chi connectivity index (χ0) is 46.5. The van der Waals surface area contributed by atoms with Crippen molar-refractivity contribution in [1.29, 1.82) is 0 Å². The summed E-state index contributed by atoms with van der Waals surface area (Å²) in [5.74, 6) is 0. The van der Waals surface area contributed by atoms with Crippen LogP contribution in [-0.2, 0) is 27.1 Å². The van der Waals surface area contributed by atoms with Crippen LogP contribution in [0.4, 0.5) is 17.1 Å². The van der Waals surface area contributed by atoms with Crippen LogP contribution in [0.25, 0.3) is 75.3 Å². The second kappa shape index (κ2) is 13.1. The number of fused-ring (bicyclic) bond motifs is 11. The maximum atomic E-state index is 2.79. The van der Waals surface area contributed by atoms with E-state index in [1.165, 1.54) is 130 Å². The number of nitrogens with zero attached hydrogens (tertiary/aromatic N) is 2. The van der Waals surface area contributed by atoms with Gasteiger partial charge >= 0.3 is 6.85 Å². The first kappa shape index (κ1) is 41.8. The summed E-state index contributed by atoms with van der Waals surface area (Å²) < 4.78 is 5.57. The third-order valence-electron chi connectivity index (χ3n) is 15.4. The number of rotatable bonds is 1. The smallest absolute Gasteiger partial charge is 0.343 e. The van der Waals surface area contributed by atoms with Gasteiger partial charge in [0.2, 0.25) is 0 Å². The molecule has 66 heavy (non-hydrogen) atoms. The maximum Gasteiger partial charge on any atom is 0.343 e. The number of anilines is 3. The molecule has 4 heteroatoms. The van der Waals surface area contributed by atoms with Gasteiger partial charge in [-0.3, -0.25) is 0 Å². The van der Waals surface area contributed by atoms with Crippen molar-refractivity contribution >= 4 is 110 Å². The van der Waals surface area contributed by atoms with Crippen LogP contribution in [-0.4, -0.2) is 11.3 Å². The first-order valence-electron chi connectivity index (χ1n) is 24.3. The minimum absolute atomic E-state index is 0.0115. The van der Waals surface area contributed by atoms with Gasteiger partial charge in [0.1, 0.15) is 0 Å². The lowest BCUT2D eigenvalue weighted by atomic mass is 9.47. The highest BCUT2D eigenvalue weighted by Gasteiger charge is 2.47. The molecule has 0 saturated carbocycles. The van der Waals surface area contributed by atoms with Gasteiger partial charge in [-0.05, 0) is 130 Å². The van der Waals surface area contributed by atoms with Gasteiger partial charge in [-0.15, -0.1) is 11.3 Å². The summed E-state index contributed by atoms with van der Waals surface area (Å²) in [6.45, 7) is 35.4. The van der Waals surface area contributed by atoms with Crippen molar-refractivity contribution in [2.45, 2.75) is 131 Å². The Morgan fingerprint density at radius 1 is 0.455 bits per heavy atom. The predicted molar refractivity (Wildman–Crippen MR) is 293 cm³/mol. The summed E-state index contributed by atoms with van der Waals surface area (Å²) in [4.78, 5) is 2.73. The van der Waals surface area contributed by atoms with E-state index in [-0.39, 0.29) is 33.9 Å². The predicted octanol–water partition coefficient (Wildman–Crippen LogP) is 16.8. The van der Waals surface area contributed by atoms with Gasteiger partial charge in [-0.2, -0.15) is 0 Å². The van der Waals surface area contributed by atoms with Gasteiger partial charge in [0.15, 0.2) is 0 Å². The van der Waals surface area contributed by atoms with E-state index in [4.69, 9.17) is 0 Å². The number of benzene rings is 8. The SMILES string of the molecule is CC(C)(C)c1ccc(N2c3c4c(c5ccc6cc(C(C)(C)C)cc7ccc3c5c67)-c3cc(C(C)(C)C)cc5c6cc(C(C)(C)C)ccc6n(c35)B4c3sc4cccc(C(C)(C)C)c4c32)cc1. The minimum atomic E-state index is -0.0751. The highest BCUT2D eigenvalue weighted by molar-refractivity contribution is 7.32. The molecule has 2 aromatic heterocycles. The van der Waals surface area contributed by atoms with Gasteiger partial charge in [0.05, 0.1) is 11.4 Å². The molecule has 0 fully saturated rings. The van der Waals surface area contributed by atoms with Gasteiger partial charge in [-0.25, -0.2) is 0 Å². The van der Waals surface area contributed by atoms with E-state index in [1.807, 2.05) is 11.3 Å². The van der Waals surface area contributed by atoms with Crippen molar-refractivity contribution in [3.63, 3.8) is 0 Å². The molecule has 4 heterocycles. The fourth-order valence-electron chi connectivity index (χ4n) is 11.8.